The number of aromatic nitrogens is 4. The van der Waals surface area contributed by atoms with Gasteiger partial charge in [-0.05, 0) is 23.3 Å². The van der Waals surface area contributed by atoms with Crippen LogP contribution < -0.4 is 0 Å². The molecule has 21 heavy (non-hydrogen) atoms. The second-order valence-corrected chi connectivity index (χ2v) is 4.12. The van der Waals surface area contributed by atoms with E-state index >= 15 is 0 Å². The molecule has 0 unspecified atom stereocenters. The standard InChI is InChI=1S/C10H6N6O5/c1-5-9-10(13-21-12-9)14(11-5)7-3-2-6(15(17)18)4-8(7)16(19)20/h2-4H,1H3. The van der Waals surface area contributed by atoms with Crippen molar-refractivity contribution in [3.63, 3.8) is 0 Å². The first kappa shape index (κ1) is 12.7. The molecule has 0 atom stereocenters. The Morgan fingerprint density at radius 2 is 1.95 bits per heavy atom. The zero-order valence-corrected chi connectivity index (χ0v) is 10.5. The van der Waals surface area contributed by atoms with Crippen LogP contribution in [0.25, 0.3) is 16.9 Å². The van der Waals surface area contributed by atoms with Gasteiger partial charge in [0.05, 0.1) is 21.6 Å². The second-order valence-electron chi connectivity index (χ2n) is 4.12. The number of hydrogen-bond donors (Lipinski definition) is 0. The normalized spacial score (nSPS) is 10.9. The first-order valence-electron chi connectivity index (χ1n) is 5.60. The molecule has 0 radical (unpaired) electrons. The lowest BCUT2D eigenvalue weighted by molar-refractivity contribution is -0.394. The minimum Gasteiger partial charge on any atom is -0.258 e. The van der Waals surface area contributed by atoms with Crippen molar-refractivity contribution in [2.24, 2.45) is 0 Å². The fraction of sp³-hybridized carbons (Fsp3) is 0.100. The molecule has 0 bridgehead atoms. The Kier molecular flexibility index (Phi) is 2.61. The van der Waals surface area contributed by atoms with Gasteiger partial charge in [-0.3, -0.25) is 20.2 Å². The molecule has 0 fully saturated rings. The predicted molar refractivity (Wildman–Crippen MR) is 67.0 cm³/mol. The highest BCUT2D eigenvalue weighted by Crippen LogP contribution is 2.29. The quantitative estimate of drug-likeness (QED) is 0.521. The lowest BCUT2D eigenvalue weighted by Crippen LogP contribution is -2.03. The third kappa shape index (κ3) is 1.87. The van der Waals surface area contributed by atoms with Crippen molar-refractivity contribution in [3.05, 3.63) is 44.1 Å². The lowest BCUT2D eigenvalue weighted by atomic mass is 10.2. The predicted octanol–water partition coefficient (Wildman–Crippen LogP) is 1.53. The number of nitrogens with zero attached hydrogens (tertiary/aromatic N) is 6. The average molecular weight is 290 g/mol. The molecule has 0 aliphatic heterocycles. The molecule has 11 heteroatoms. The van der Waals surface area contributed by atoms with Crippen LogP contribution in [0.1, 0.15) is 5.69 Å². The third-order valence-corrected chi connectivity index (χ3v) is 2.86. The first-order valence-corrected chi connectivity index (χ1v) is 5.60. The van der Waals surface area contributed by atoms with Crippen molar-refractivity contribution in [2.45, 2.75) is 6.92 Å². The van der Waals surface area contributed by atoms with Gasteiger partial charge in [0.1, 0.15) is 5.69 Å². The maximum Gasteiger partial charge on any atom is 0.301 e. The fourth-order valence-electron chi connectivity index (χ4n) is 1.91. The largest absolute Gasteiger partial charge is 0.301 e. The van der Waals surface area contributed by atoms with Gasteiger partial charge in [-0.25, -0.2) is 9.31 Å². The summed E-state index contributed by atoms with van der Waals surface area (Å²) >= 11 is 0. The maximum absolute atomic E-state index is 11.1. The van der Waals surface area contributed by atoms with Crippen LogP contribution in [0, 0.1) is 27.2 Å². The molecule has 0 aliphatic carbocycles. The Balaban J connectivity index is 2.29. The number of nitro groups is 2. The van der Waals surface area contributed by atoms with E-state index in [1.54, 1.807) is 6.92 Å². The Labute approximate surface area is 115 Å². The van der Waals surface area contributed by atoms with E-state index in [9.17, 15) is 20.2 Å². The molecular formula is C10H6N6O5. The summed E-state index contributed by atoms with van der Waals surface area (Å²) in [5, 5.41) is 33.2. The zero-order valence-electron chi connectivity index (χ0n) is 10.5. The summed E-state index contributed by atoms with van der Waals surface area (Å²) in [5.41, 5.74) is 0.228. The molecular weight excluding hydrogens is 284 g/mol. The van der Waals surface area contributed by atoms with Crippen molar-refractivity contribution in [3.8, 4) is 5.69 Å². The maximum atomic E-state index is 11.1. The van der Waals surface area contributed by atoms with Gasteiger partial charge in [-0.2, -0.15) is 5.10 Å². The third-order valence-electron chi connectivity index (χ3n) is 2.86. The van der Waals surface area contributed by atoms with Crippen molar-refractivity contribution >= 4 is 22.5 Å². The van der Waals surface area contributed by atoms with Crippen LogP contribution in [0.4, 0.5) is 11.4 Å². The second kappa shape index (κ2) is 4.33. The molecule has 0 saturated carbocycles. The summed E-state index contributed by atoms with van der Waals surface area (Å²) < 4.78 is 5.74. The van der Waals surface area contributed by atoms with Crippen LogP contribution >= 0.6 is 0 Å². The van der Waals surface area contributed by atoms with Crippen LogP contribution in [0.3, 0.4) is 0 Å². The number of benzene rings is 1. The molecule has 3 rings (SSSR count). The summed E-state index contributed by atoms with van der Waals surface area (Å²) in [6, 6.07) is 3.25. The zero-order chi connectivity index (χ0) is 15.1. The highest BCUT2D eigenvalue weighted by atomic mass is 16.6. The van der Waals surface area contributed by atoms with E-state index in [1.165, 1.54) is 10.7 Å². The number of hydrogen-bond acceptors (Lipinski definition) is 8. The van der Waals surface area contributed by atoms with E-state index in [-0.39, 0.29) is 17.0 Å². The summed E-state index contributed by atoms with van der Waals surface area (Å²) in [6.45, 7) is 1.64. The lowest BCUT2D eigenvalue weighted by Gasteiger charge is -2.02. The summed E-state index contributed by atoms with van der Waals surface area (Å²) in [5.74, 6) is 0. The van der Waals surface area contributed by atoms with E-state index in [0.717, 1.165) is 12.1 Å². The fourth-order valence-corrected chi connectivity index (χ4v) is 1.91. The molecule has 11 nitrogen and oxygen atoms in total. The van der Waals surface area contributed by atoms with Crippen molar-refractivity contribution in [2.75, 3.05) is 0 Å². The molecule has 0 N–H and O–H groups in total. The molecule has 3 aromatic rings. The number of aryl methyl sites for hydroxylation is 1. The van der Waals surface area contributed by atoms with Crippen molar-refractivity contribution in [1.29, 1.82) is 0 Å². The molecule has 0 aliphatic rings. The number of rotatable bonds is 3. The molecule has 2 aromatic heterocycles. The molecule has 0 saturated heterocycles. The summed E-state index contributed by atoms with van der Waals surface area (Å²) in [4.78, 5) is 20.4. The van der Waals surface area contributed by atoms with Gasteiger partial charge in [-0.1, -0.05) is 0 Å². The van der Waals surface area contributed by atoms with E-state index in [4.69, 9.17) is 0 Å². The Hall–Kier alpha value is -3.37. The van der Waals surface area contributed by atoms with Crippen LogP contribution in [0.15, 0.2) is 22.8 Å². The Bertz CT molecular complexity index is 881. The van der Waals surface area contributed by atoms with Gasteiger partial charge in [0.25, 0.3) is 5.69 Å². The molecule has 0 amide bonds. The van der Waals surface area contributed by atoms with E-state index in [0.29, 0.717) is 11.2 Å². The van der Waals surface area contributed by atoms with Gasteiger partial charge < -0.3 is 0 Å². The highest BCUT2D eigenvalue weighted by Gasteiger charge is 2.24. The van der Waals surface area contributed by atoms with Gasteiger partial charge >= 0.3 is 5.69 Å². The van der Waals surface area contributed by atoms with Gasteiger partial charge in [0.2, 0.25) is 5.65 Å². The van der Waals surface area contributed by atoms with Crippen LogP contribution in [0.5, 0.6) is 0 Å². The molecule has 1 aromatic carbocycles. The molecule has 106 valence electrons. The SMILES string of the molecule is Cc1nn(-c2ccc([N+](=O)[O-])cc2[N+](=O)[O-])c2nonc12. The minimum atomic E-state index is -0.724. The van der Waals surface area contributed by atoms with E-state index in [1.807, 2.05) is 0 Å². The number of fused-ring (bicyclic) bond motifs is 1. The Morgan fingerprint density at radius 3 is 2.62 bits per heavy atom. The first-order chi connectivity index (χ1) is 9.99. The van der Waals surface area contributed by atoms with Gasteiger partial charge in [0, 0.05) is 6.07 Å². The number of nitro benzene ring substituents is 2. The van der Waals surface area contributed by atoms with E-state index in [2.05, 4.69) is 20.0 Å². The van der Waals surface area contributed by atoms with Gasteiger partial charge in [-0.15, -0.1) is 0 Å². The topological polar surface area (TPSA) is 143 Å². The highest BCUT2D eigenvalue weighted by molar-refractivity contribution is 5.75. The monoisotopic (exact) mass is 290 g/mol. The minimum absolute atomic E-state index is 0.0411. The summed E-state index contributed by atoms with van der Waals surface area (Å²) in [6.07, 6.45) is 0. The average Bonchev–Trinajstić information content (AvgIpc) is 3.02. The van der Waals surface area contributed by atoms with Crippen LogP contribution in [-0.2, 0) is 0 Å². The van der Waals surface area contributed by atoms with Crippen LogP contribution in [0.2, 0.25) is 0 Å². The van der Waals surface area contributed by atoms with E-state index < -0.39 is 15.5 Å². The van der Waals surface area contributed by atoms with Gasteiger partial charge in [0.15, 0.2) is 5.52 Å². The molecule has 0 spiro atoms. The van der Waals surface area contributed by atoms with Crippen molar-refractivity contribution in [1.82, 2.24) is 20.1 Å². The Morgan fingerprint density at radius 1 is 1.19 bits per heavy atom. The number of non-ortho nitro benzene ring substituents is 1. The summed E-state index contributed by atoms with van der Waals surface area (Å²) in [7, 11) is 0. The van der Waals surface area contributed by atoms with Crippen molar-refractivity contribution < 1.29 is 14.5 Å². The molecule has 2 heterocycles. The van der Waals surface area contributed by atoms with Crippen LogP contribution in [-0.4, -0.2) is 29.9 Å². The smallest absolute Gasteiger partial charge is 0.258 e.